The summed E-state index contributed by atoms with van der Waals surface area (Å²) >= 11 is 0. The molecule has 2 rings (SSSR count). The predicted molar refractivity (Wildman–Crippen MR) is 107 cm³/mol. The molecule has 5 nitrogen and oxygen atoms in total. The lowest BCUT2D eigenvalue weighted by Gasteiger charge is -2.26. The van der Waals surface area contributed by atoms with Gasteiger partial charge in [-0.05, 0) is 37.6 Å². The molecule has 0 amide bonds. The van der Waals surface area contributed by atoms with Crippen molar-refractivity contribution >= 4 is 0 Å². The zero-order valence-corrected chi connectivity index (χ0v) is 17.0. The first-order chi connectivity index (χ1) is 13.4. The van der Waals surface area contributed by atoms with Gasteiger partial charge in [0, 0.05) is 25.2 Å². The third kappa shape index (κ3) is 6.78. The quantitative estimate of drug-likeness (QED) is 0.634. The van der Waals surface area contributed by atoms with E-state index in [2.05, 4.69) is 4.90 Å². The van der Waals surface area contributed by atoms with Gasteiger partial charge in [-0.3, -0.25) is 4.90 Å². The van der Waals surface area contributed by atoms with Crippen LogP contribution in [-0.2, 0) is 17.8 Å². The second kappa shape index (κ2) is 11.0. The average Bonchev–Trinajstić information content (AvgIpc) is 2.67. The number of nitrogens with zero attached hydrogens (tertiary/aromatic N) is 1. The number of hydrogen-bond acceptors (Lipinski definition) is 5. The van der Waals surface area contributed by atoms with Crippen molar-refractivity contribution in [3.05, 3.63) is 59.4 Å². The molecule has 0 aliphatic rings. The van der Waals surface area contributed by atoms with Crippen LogP contribution in [0.3, 0.4) is 0 Å². The van der Waals surface area contributed by atoms with Gasteiger partial charge in [0.2, 0.25) is 0 Å². The van der Waals surface area contributed by atoms with Crippen LogP contribution >= 0.6 is 0 Å². The molecule has 0 fully saturated rings. The Hall–Kier alpha value is -2.15. The largest absolute Gasteiger partial charge is 0.493 e. The van der Waals surface area contributed by atoms with E-state index in [9.17, 15) is 9.50 Å². The molecule has 28 heavy (non-hydrogen) atoms. The fraction of sp³-hybridized carbons (Fsp3) is 0.455. The monoisotopic (exact) mass is 391 g/mol. The van der Waals surface area contributed by atoms with Crippen molar-refractivity contribution in [1.29, 1.82) is 0 Å². The fourth-order valence-electron chi connectivity index (χ4n) is 3.01. The Balaban J connectivity index is 2.18. The molecule has 1 unspecified atom stereocenters. The number of halogens is 1. The van der Waals surface area contributed by atoms with Gasteiger partial charge in [0.15, 0.2) is 11.5 Å². The van der Waals surface area contributed by atoms with Crippen LogP contribution in [0.4, 0.5) is 4.39 Å². The van der Waals surface area contributed by atoms with Crippen molar-refractivity contribution in [2.75, 3.05) is 27.4 Å². The molecule has 154 valence electrons. The van der Waals surface area contributed by atoms with E-state index >= 15 is 0 Å². The summed E-state index contributed by atoms with van der Waals surface area (Å²) in [6.07, 6.45) is -0.585. The summed E-state index contributed by atoms with van der Waals surface area (Å²) in [6.45, 7) is 5.63. The number of aliphatic hydroxyl groups is 1. The van der Waals surface area contributed by atoms with Crippen LogP contribution < -0.4 is 9.47 Å². The Morgan fingerprint density at radius 3 is 2.32 bits per heavy atom. The topological polar surface area (TPSA) is 51.2 Å². The Morgan fingerprint density at radius 1 is 1.00 bits per heavy atom. The number of benzene rings is 2. The number of ether oxygens (including phenoxy) is 3. The van der Waals surface area contributed by atoms with E-state index in [1.807, 2.05) is 32.0 Å². The van der Waals surface area contributed by atoms with E-state index in [0.717, 1.165) is 11.1 Å². The van der Waals surface area contributed by atoms with Gasteiger partial charge in [0.25, 0.3) is 0 Å². The lowest BCUT2D eigenvalue weighted by Crippen LogP contribution is -2.35. The molecule has 0 bridgehead atoms. The normalized spacial score (nSPS) is 12.4. The van der Waals surface area contributed by atoms with Crippen LogP contribution in [0.5, 0.6) is 11.5 Å². The summed E-state index contributed by atoms with van der Waals surface area (Å²) in [7, 11) is 3.21. The highest BCUT2D eigenvalue weighted by Gasteiger charge is 2.17. The zero-order chi connectivity index (χ0) is 20.5. The summed E-state index contributed by atoms with van der Waals surface area (Å²) in [4.78, 5) is 2.08. The highest BCUT2D eigenvalue weighted by Crippen LogP contribution is 2.31. The molecular formula is C22H30FNO4. The fourth-order valence-corrected chi connectivity index (χ4v) is 3.01. The van der Waals surface area contributed by atoms with Crippen LogP contribution in [0, 0.1) is 5.82 Å². The Labute approximate surface area is 166 Å². The molecular weight excluding hydrogens is 361 g/mol. The van der Waals surface area contributed by atoms with Crippen molar-refractivity contribution in [2.24, 2.45) is 0 Å². The van der Waals surface area contributed by atoms with Crippen LogP contribution in [0.1, 0.15) is 25.0 Å². The highest BCUT2D eigenvalue weighted by atomic mass is 19.1. The molecule has 0 aromatic heterocycles. The Bertz CT molecular complexity index is 721. The van der Waals surface area contributed by atoms with Crippen molar-refractivity contribution < 1.29 is 23.7 Å². The molecule has 0 radical (unpaired) electrons. The molecule has 2 aromatic carbocycles. The Kier molecular flexibility index (Phi) is 8.70. The van der Waals surface area contributed by atoms with E-state index < -0.39 is 6.10 Å². The molecule has 0 aliphatic heterocycles. The second-order valence-corrected chi connectivity index (χ2v) is 6.98. The lowest BCUT2D eigenvalue weighted by atomic mass is 10.1. The maximum atomic E-state index is 13.2. The maximum Gasteiger partial charge on any atom is 0.165 e. The molecule has 0 aliphatic carbocycles. The van der Waals surface area contributed by atoms with Crippen LogP contribution in [0.15, 0.2) is 42.5 Å². The molecule has 0 spiro atoms. The summed E-state index contributed by atoms with van der Waals surface area (Å²) in [5, 5.41) is 10.4. The lowest BCUT2D eigenvalue weighted by molar-refractivity contribution is -0.0107. The summed E-state index contributed by atoms with van der Waals surface area (Å²) in [5.41, 5.74) is 1.90. The minimum Gasteiger partial charge on any atom is -0.493 e. The molecule has 0 saturated heterocycles. The number of methoxy groups -OCH3 is 2. The first-order valence-electron chi connectivity index (χ1n) is 9.39. The van der Waals surface area contributed by atoms with Gasteiger partial charge in [0.05, 0.1) is 33.0 Å². The van der Waals surface area contributed by atoms with E-state index in [1.165, 1.54) is 12.1 Å². The van der Waals surface area contributed by atoms with E-state index in [4.69, 9.17) is 14.2 Å². The van der Waals surface area contributed by atoms with Gasteiger partial charge >= 0.3 is 0 Å². The van der Waals surface area contributed by atoms with Crippen LogP contribution in [-0.4, -0.2) is 49.6 Å². The average molecular weight is 391 g/mol. The maximum absolute atomic E-state index is 13.2. The zero-order valence-electron chi connectivity index (χ0n) is 17.0. The van der Waals surface area contributed by atoms with Crippen molar-refractivity contribution in [3.8, 4) is 11.5 Å². The van der Waals surface area contributed by atoms with Gasteiger partial charge < -0.3 is 19.3 Å². The number of para-hydroxylation sites is 1. The van der Waals surface area contributed by atoms with E-state index in [-0.39, 0.29) is 18.5 Å². The molecule has 1 atom stereocenters. The highest BCUT2D eigenvalue weighted by molar-refractivity contribution is 5.46. The third-order valence-corrected chi connectivity index (χ3v) is 4.29. The minimum atomic E-state index is -0.639. The van der Waals surface area contributed by atoms with Crippen LogP contribution in [0.2, 0.25) is 0 Å². The SMILES string of the molecule is COc1cccc(CN(Cc2ccc(F)cc2)CC(O)COC(C)C)c1OC. The number of hydrogen-bond donors (Lipinski definition) is 1. The van der Waals surface area contributed by atoms with E-state index in [1.54, 1.807) is 26.4 Å². The van der Waals surface area contributed by atoms with Crippen molar-refractivity contribution in [1.82, 2.24) is 4.90 Å². The standard InChI is InChI=1S/C22H30FNO4/c1-16(2)28-15-20(25)14-24(12-17-8-10-19(23)11-9-17)13-18-6-5-7-21(26-3)22(18)27-4/h5-11,16,20,25H,12-15H2,1-4H3. The van der Waals surface area contributed by atoms with Crippen molar-refractivity contribution in [3.63, 3.8) is 0 Å². The predicted octanol–water partition coefficient (Wildman–Crippen LogP) is 3.63. The van der Waals surface area contributed by atoms with Gasteiger partial charge in [-0.15, -0.1) is 0 Å². The second-order valence-electron chi connectivity index (χ2n) is 6.98. The molecule has 2 aromatic rings. The molecule has 1 N–H and O–H groups in total. The molecule has 0 saturated carbocycles. The summed E-state index contributed by atoms with van der Waals surface area (Å²) in [6, 6.07) is 12.1. The Morgan fingerprint density at radius 2 is 1.71 bits per heavy atom. The summed E-state index contributed by atoms with van der Waals surface area (Å²) in [5.74, 6) is 1.06. The van der Waals surface area contributed by atoms with Gasteiger partial charge in [-0.1, -0.05) is 24.3 Å². The van der Waals surface area contributed by atoms with Gasteiger partial charge in [-0.25, -0.2) is 4.39 Å². The first kappa shape index (κ1) is 22.1. The van der Waals surface area contributed by atoms with Gasteiger partial charge in [-0.2, -0.15) is 0 Å². The van der Waals surface area contributed by atoms with Crippen LogP contribution in [0.25, 0.3) is 0 Å². The van der Waals surface area contributed by atoms with E-state index in [0.29, 0.717) is 31.1 Å². The summed E-state index contributed by atoms with van der Waals surface area (Å²) < 4.78 is 29.7. The number of aliphatic hydroxyl groups excluding tert-OH is 1. The van der Waals surface area contributed by atoms with Crippen molar-refractivity contribution in [2.45, 2.75) is 39.1 Å². The molecule has 6 heteroatoms. The number of rotatable bonds is 11. The molecule has 0 heterocycles. The van der Waals surface area contributed by atoms with Gasteiger partial charge in [0.1, 0.15) is 5.82 Å². The first-order valence-corrected chi connectivity index (χ1v) is 9.39. The minimum absolute atomic E-state index is 0.0543. The third-order valence-electron chi connectivity index (χ3n) is 4.29. The smallest absolute Gasteiger partial charge is 0.165 e.